The van der Waals surface area contributed by atoms with E-state index in [-0.39, 0.29) is 0 Å². The number of fused-ring (bicyclic) bond motifs is 1. The van der Waals surface area contributed by atoms with Gasteiger partial charge >= 0.3 is 0 Å². The van der Waals surface area contributed by atoms with Crippen LogP contribution in [-0.2, 0) is 13.1 Å². The van der Waals surface area contributed by atoms with Gasteiger partial charge in [0.15, 0.2) is 0 Å². The van der Waals surface area contributed by atoms with Gasteiger partial charge < -0.3 is 14.7 Å². The van der Waals surface area contributed by atoms with E-state index < -0.39 is 6.10 Å². The maximum Gasteiger partial charge on any atom is 0.119 e. The molecule has 0 spiro atoms. The van der Waals surface area contributed by atoms with E-state index in [1.165, 1.54) is 35.8 Å². The second-order valence-corrected chi connectivity index (χ2v) is 8.63. The number of rotatable bonds is 9. The lowest BCUT2D eigenvalue weighted by Gasteiger charge is -2.28. The summed E-state index contributed by atoms with van der Waals surface area (Å²) in [6.45, 7) is 4.94. The molecule has 1 atom stereocenters. The predicted octanol–water partition coefficient (Wildman–Crippen LogP) is 4.09. The topological polar surface area (TPSA) is 48.8 Å². The van der Waals surface area contributed by atoms with Crippen molar-refractivity contribution in [3.8, 4) is 5.75 Å². The number of ether oxygens (including phenoxy) is 1. The minimum atomic E-state index is -0.445. The van der Waals surface area contributed by atoms with Crippen LogP contribution in [0.25, 0.3) is 10.9 Å². The Hall–Kier alpha value is -2.47. The van der Waals surface area contributed by atoms with E-state index in [1.54, 1.807) is 0 Å². The van der Waals surface area contributed by atoms with Gasteiger partial charge in [-0.25, -0.2) is 0 Å². The summed E-state index contributed by atoms with van der Waals surface area (Å²) in [7, 11) is 2.14. The zero-order valence-corrected chi connectivity index (χ0v) is 18.4. The number of piperidine rings is 1. The van der Waals surface area contributed by atoms with Gasteiger partial charge in [0.05, 0.1) is 5.52 Å². The van der Waals surface area contributed by atoms with Gasteiger partial charge in [-0.05, 0) is 68.4 Å². The van der Waals surface area contributed by atoms with Gasteiger partial charge in [0.25, 0.3) is 0 Å². The van der Waals surface area contributed by atoms with Crippen molar-refractivity contribution in [2.24, 2.45) is 0 Å². The molecule has 5 heteroatoms. The van der Waals surface area contributed by atoms with Gasteiger partial charge in [0.1, 0.15) is 18.5 Å². The van der Waals surface area contributed by atoms with Gasteiger partial charge in [-0.15, -0.1) is 0 Å². The number of β-amino-alcohol motifs (C(OH)–C–C–N with tert-alkyl or cyclic N) is 1. The second kappa shape index (κ2) is 10.7. The van der Waals surface area contributed by atoms with Crippen molar-refractivity contribution < 1.29 is 9.84 Å². The summed E-state index contributed by atoms with van der Waals surface area (Å²) in [5.41, 5.74) is 3.56. The highest BCUT2D eigenvalue weighted by Gasteiger charge is 2.15. The van der Waals surface area contributed by atoms with Crippen molar-refractivity contribution in [2.75, 3.05) is 33.3 Å². The fourth-order valence-electron chi connectivity index (χ4n) is 4.33. The standard InChI is InChI=1S/C26H33N3O2/c1-28(18-22-13-14-27-26-8-4-3-7-25(22)26)17-21-9-11-24(12-10-21)31-20-23(30)19-29-15-5-2-6-16-29/h3-4,7-14,23,30H,2,5-6,15-20H2,1H3/t23-/m0/s1. The van der Waals surface area contributed by atoms with Crippen LogP contribution in [0.5, 0.6) is 5.75 Å². The van der Waals surface area contributed by atoms with Crippen LogP contribution in [0.3, 0.4) is 0 Å². The summed E-state index contributed by atoms with van der Waals surface area (Å²) < 4.78 is 5.82. The molecular formula is C26H33N3O2. The molecule has 31 heavy (non-hydrogen) atoms. The van der Waals surface area contributed by atoms with Gasteiger partial charge in [0, 0.05) is 31.2 Å². The monoisotopic (exact) mass is 419 g/mol. The largest absolute Gasteiger partial charge is 0.491 e. The summed E-state index contributed by atoms with van der Waals surface area (Å²) in [6, 6.07) is 18.6. The van der Waals surface area contributed by atoms with Gasteiger partial charge in [-0.3, -0.25) is 9.88 Å². The molecule has 0 amide bonds. The number of nitrogens with zero attached hydrogens (tertiary/aromatic N) is 3. The quantitative estimate of drug-likeness (QED) is 0.566. The molecule has 2 heterocycles. The molecule has 1 aromatic heterocycles. The third kappa shape index (κ3) is 6.26. The lowest BCUT2D eigenvalue weighted by molar-refractivity contribution is 0.0617. The molecule has 1 aliphatic heterocycles. The Bertz CT molecular complexity index is 949. The maximum atomic E-state index is 10.3. The molecule has 1 fully saturated rings. The van der Waals surface area contributed by atoms with Crippen LogP contribution in [0, 0.1) is 0 Å². The van der Waals surface area contributed by atoms with E-state index in [2.05, 4.69) is 58.2 Å². The number of hydrogen-bond donors (Lipinski definition) is 1. The molecular weight excluding hydrogens is 386 g/mol. The maximum absolute atomic E-state index is 10.3. The number of hydrogen-bond acceptors (Lipinski definition) is 5. The van der Waals surface area contributed by atoms with Crippen molar-refractivity contribution in [3.05, 3.63) is 71.9 Å². The first kappa shape index (κ1) is 21.8. The fourth-order valence-corrected chi connectivity index (χ4v) is 4.33. The number of benzene rings is 2. The number of aliphatic hydroxyl groups excluding tert-OH is 1. The van der Waals surface area contributed by atoms with Crippen LogP contribution in [0.1, 0.15) is 30.4 Å². The molecule has 3 aromatic rings. The van der Waals surface area contributed by atoms with Crippen LogP contribution in [0.15, 0.2) is 60.8 Å². The summed E-state index contributed by atoms with van der Waals surface area (Å²) in [5, 5.41) is 11.5. The van der Waals surface area contributed by atoms with Crippen LogP contribution < -0.4 is 4.74 Å². The molecule has 0 aliphatic carbocycles. The molecule has 0 bridgehead atoms. The van der Waals surface area contributed by atoms with E-state index >= 15 is 0 Å². The summed E-state index contributed by atoms with van der Waals surface area (Å²) in [4.78, 5) is 9.09. The minimum absolute atomic E-state index is 0.338. The van der Waals surface area contributed by atoms with E-state index in [0.717, 1.165) is 37.4 Å². The van der Waals surface area contributed by atoms with E-state index in [4.69, 9.17) is 4.74 Å². The van der Waals surface area contributed by atoms with Gasteiger partial charge in [-0.1, -0.05) is 36.8 Å². The highest BCUT2D eigenvalue weighted by atomic mass is 16.5. The van der Waals surface area contributed by atoms with Crippen molar-refractivity contribution in [1.29, 1.82) is 0 Å². The zero-order chi connectivity index (χ0) is 21.5. The second-order valence-electron chi connectivity index (χ2n) is 8.63. The summed E-state index contributed by atoms with van der Waals surface area (Å²) in [5.74, 6) is 0.809. The van der Waals surface area contributed by atoms with Gasteiger partial charge in [0.2, 0.25) is 0 Å². The Kier molecular flexibility index (Phi) is 7.52. The first-order valence-corrected chi connectivity index (χ1v) is 11.3. The molecule has 1 aliphatic rings. The highest BCUT2D eigenvalue weighted by molar-refractivity contribution is 5.81. The first-order valence-electron chi connectivity index (χ1n) is 11.3. The van der Waals surface area contributed by atoms with E-state index in [0.29, 0.717) is 13.2 Å². The zero-order valence-electron chi connectivity index (χ0n) is 18.4. The number of aromatic nitrogens is 1. The smallest absolute Gasteiger partial charge is 0.119 e. The van der Waals surface area contributed by atoms with Crippen molar-refractivity contribution in [3.63, 3.8) is 0 Å². The Morgan fingerprint density at radius 1 is 1.00 bits per heavy atom. The number of para-hydroxylation sites is 1. The van der Waals surface area contributed by atoms with Crippen LogP contribution in [-0.4, -0.2) is 59.3 Å². The minimum Gasteiger partial charge on any atom is -0.491 e. The average molecular weight is 420 g/mol. The summed E-state index contributed by atoms with van der Waals surface area (Å²) in [6.07, 6.45) is 5.22. The first-order chi connectivity index (χ1) is 15.2. The average Bonchev–Trinajstić information content (AvgIpc) is 2.79. The Balaban J connectivity index is 1.26. The van der Waals surface area contributed by atoms with Crippen LogP contribution in [0.4, 0.5) is 0 Å². The lowest BCUT2D eigenvalue weighted by Crippen LogP contribution is -2.38. The lowest BCUT2D eigenvalue weighted by atomic mass is 10.1. The summed E-state index contributed by atoms with van der Waals surface area (Å²) >= 11 is 0. The number of aliphatic hydroxyl groups is 1. The number of pyridine rings is 1. The Morgan fingerprint density at radius 2 is 1.77 bits per heavy atom. The molecule has 1 saturated heterocycles. The van der Waals surface area contributed by atoms with Crippen molar-refractivity contribution in [2.45, 2.75) is 38.5 Å². The van der Waals surface area contributed by atoms with Gasteiger partial charge in [-0.2, -0.15) is 0 Å². The molecule has 0 saturated carbocycles. The molecule has 4 rings (SSSR count). The predicted molar refractivity (Wildman–Crippen MR) is 125 cm³/mol. The third-order valence-electron chi connectivity index (χ3n) is 5.92. The molecule has 1 N–H and O–H groups in total. The molecule has 0 radical (unpaired) electrons. The Labute approximate surface area is 185 Å². The van der Waals surface area contributed by atoms with Crippen molar-refractivity contribution in [1.82, 2.24) is 14.8 Å². The molecule has 5 nitrogen and oxygen atoms in total. The molecule has 2 aromatic carbocycles. The fraction of sp³-hybridized carbons (Fsp3) is 0.423. The van der Waals surface area contributed by atoms with E-state index in [9.17, 15) is 5.11 Å². The van der Waals surface area contributed by atoms with Crippen LogP contribution >= 0.6 is 0 Å². The Morgan fingerprint density at radius 3 is 2.58 bits per heavy atom. The van der Waals surface area contributed by atoms with Crippen LogP contribution in [0.2, 0.25) is 0 Å². The van der Waals surface area contributed by atoms with Crippen molar-refractivity contribution >= 4 is 10.9 Å². The third-order valence-corrected chi connectivity index (χ3v) is 5.92. The van der Waals surface area contributed by atoms with E-state index in [1.807, 2.05) is 24.4 Å². The SMILES string of the molecule is CN(Cc1ccc(OC[C@@H](O)CN2CCCCC2)cc1)Cc1ccnc2ccccc12. The molecule has 0 unspecified atom stereocenters. The molecule has 164 valence electrons. The number of likely N-dealkylation sites (tertiary alicyclic amines) is 1. The normalized spacial score (nSPS) is 16.0. The highest BCUT2D eigenvalue weighted by Crippen LogP contribution is 2.19.